The summed E-state index contributed by atoms with van der Waals surface area (Å²) in [7, 11) is 0. The maximum Gasteiger partial charge on any atom is 0.135 e. The first kappa shape index (κ1) is 19.6. The van der Waals surface area contributed by atoms with E-state index in [1.807, 2.05) is 78.9 Å². The molecule has 2 aromatic heterocycles. The third-order valence-corrected chi connectivity index (χ3v) is 10.3. The summed E-state index contributed by atoms with van der Waals surface area (Å²) < 4.78 is 83.4. The number of hydrogen-bond acceptors (Lipinski definition) is 2. The molecule has 0 N–H and O–H groups in total. The minimum absolute atomic E-state index is 0.129. The molecule has 2 heterocycles. The molecule has 0 spiro atoms. The molecule has 0 saturated carbocycles. The number of furan rings is 1. The second-order valence-electron chi connectivity index (χ2n) is 11.7. The van der Waals surface area contributed by atoms with Crippen LogP contribution in [0.2, 0.25) is 0 Å². The van der Waals surface area contributed by atoms with E-state index < -0.39 is 6.04 Å². The molecule has 10 rings (SSSR count). The van der Waals surface area contributed by atoms with Gasteiger partial charge < -0.3 is 4.42 Å². The molecule has 0 radical (unpaired) electrons. The molecule has 0 saturated heterocycles. The van der Waals surface area contributed by atoms with Gasteiger partial charge in [-0.25, -0.2) is 0 Å². The summed E-state index contributed by atoms with van der Waals surface area (Å²) in [5.74, 6) is 0. The van der Waals surface area contributed by atoms with E-state index >= 15 is 0 Å². The summed E-state index contributed by atoms with van der Waals surface area (Å²) in [6.07, 6.45) is 0. The largest absolute Gasteiger partial charge is 0.456 e. The van der Waals surface area contributed by atoms with Gasteiger partial charge in [0.05, 0.1) is 12.3 Å². The average molecular weight is 638 g/mol. The highest BCUT2D eigenvalue weighted by Gasteiger charge is 2.19. The fraction of sp³-hybridized carbons (Fsp3) is 0. The topological polar surface area (TPSA) is 13.1 Å². The molecule has 0 bridgehead atoms. The highest BCUT2D eigenvalue weighted by molar-refractivity contribution is 7.23. The van der Waals surface area contributed by atoms with Crippen molar-refractivity contribution in [3.05, 3.63) is 170 Å². The van der Waals surface area contributed by atoms with Gasteiger partial charge in [-0.05, 0) is 85.2 Å². The van der Waals surface area contributed by atoms with Gasteiger partial charge in [-0.1, -0.05) is 139 Å². The standard InChI is InChI=1S/C46H28OS/c1-2-12-29(13-3-1)43-34-15-4-6-17-36(34)44(37-18-7-5-16-35(37)43)30-22-24-31(25-23-30)45-38-19-9-11-21-42(38)48-46(45)32-26-27-41-39(28-32)33-14-8-10-20-40(33)47-41/h1-28H/i1D,2D,3D,8D,10D,12D,13D,14D,20D. The molecule has 0 aliphatic carbocycles. The fourth-order valence-corrected chi connectivity index (χ4v) is 8.28. The molecule has 8 aromatic carbocycles. The van der Waals surface area contributed by atoms with E-state index in [9.17, 15) is 0 Å². The second-order valence-corrected chi connectivity index (χ2v) is 12.8. The number of benzene rings is 8. The van der Waals surface area contributed by atoms with Gasteiger partial charge >= 0.3 is 0 Å². The predicted molar refractivity (Wildman–Crippen MR) is 206 cm³/mol. The van der Waals surface area contributed by atoms with E-state index in [4.69, 9.17) is 16.8 Å². The Morgan fingerprint density at radius 1 is 0.396 bits per heavy atom. The third-order valence-electron chi connectivity index (χ3n) is 9.12. The molecular weight excluding hydrogens is 601 g/mol. The zero-order chi connectivity index (χ0) is 39.4. The SMILES string of the molecule is [2H]c1c([2H])c([2H])c(-c2c3ccccc3c(-c3ccc(-c4c(-c5ccc6oc7c([2H])c([2H])c([2H])c([2H])c7c6c5)sc5ccccc45)cc3)c3ccccc23)c([2H])c1[2H]. The number of rotatable bonds is 4. The predicted octanol–water partition coefficient (Wildman–Crippen LogP) is 13.8. The lowest BCUT2D eigenvalue weighted by Crippen LogP contribution is -1.90. The molecule has 10 aromatic rings. The zero-order valence-electron chi connectivity index (χ0n) is 34.3. The van der Waals surface area contributed by atoms with Crippen LogP contribution in [-0.2, 0) is 0 Å². The highest BCUT2D eigenvalue weighted by Crippen LogP contribution is 2.48. The van der Waals surface area contributed by atoms with Crippen molar-refractivity contribution in [2.45, 2.75) is 0 Å². The summed E-state index contributed by atoms with van der Waals surface area (Å²) in [6.45, 7) is 0. The van der Waals surface area contributed by atoms with E-state index in [-0.39, 0.29) is 59.5 Å². The van der Waals surface area contributed by atoms with Crippen molar-refractivity contribution in [1.82, 2.24) is 0 Å². The summed E-state index contributed by atoms with van der Waals surface area (Å²) in [5.41, 5.74) is 6.28. The van der Waals surface area contributed by atoms with Crippen LogP contribution in [0, 0.1) is 0 Å². The summed E-state index contributed by atoms with van der Waals surface area (Å²) in [6, 6.07) is 35.5. The molecule has 0 fully saturated rings. The van der Waals surface area contributed by atoms with Crippen molar-refractivity contribution in [1.29, 1.82) is 0 Å². The minimum atomic E-state index is -0.424. The van der Waals surface area contributed by atoms with Crippen LogP contribution in [0.4, 0.5) is 0 Å². The van der Waals surface area contributed by atoms with Gasteiger partial charge in [-0.3, -0.25) is 0 Å². The quantitative estimate of drug-likeness (QED) is 0.175. The van der Waals surface area contributed by atoms with Crippen LogP contribution in [0.15, 0.2) is 174 Å². The maximum atomic E-state index is 8.86. The van der Waals surface area contributed by atoms with Gasteiger partial charge in [0, 0.05) is 31.3 Å². The Bertz CT molecular complexity index is 3260. The summed E-state index contributed by atoms with van der Waals surface area (Å²) in [5, 5.41) is 5.43. The number of hydrogen-bond donors (Lipinski definition) is 0. The monoisotopic (exact) mass is 637 g/mol. The Morgan fingerprint density at radius 2 is 0.938 bits per heavy atom. The molecule has 48 heavy (non-hydrogen) atoms. The van der Waals surface area contributed by atoms with Crippen molar-refractivity contribution >= 4 is 64.9 Å². The molecule has 2 heteroatoms. The van der Waals surface area contributed by atoms with Crippen LogP contribution in [0.25, 0.3) is 97.4 Å². The van der Waals surface area contributed by atoms with Crippen LogP contribution in [-0.4, -0.2) is 0 Å². The number of para-hydroxylation sites is 1. The molecule has 224 valence electrons. The molecule has 0 aliphatic heterocycles. The molecule has 0 amide bonds. The fourth-order valence-electron chi connectivity index (χ4n) is 7.06. The molecule has 0 atom stereocenters. The highest BCUT2D eigenvalue weighted by atomic mass is 32.1. The average Bonchev–Trinajstić information content (AvgIpc) is 3.82. The van der Waals surface area contributed by atoms with Crippen LogP contribution in [0.1, 0.15) is 12.3 Å². The van der Waals surface area contributed by atoms with Crippen LogP contribution in [0.3, 0.4) is 0 Å². The van der Waals surface area contributed by atoms with Gasteiger partial charge in [0.1, 0.15) is 11.2 Å². The van der Waals surface area contributed by atoms with Gasteiger partial charge in [-0.15, -0.1) is 11.3 Å². The number of fused-ring (bicyclic) bond motifs is 6. The molecule has 0 unspecified atom stereocenters. The molecular formula is C46H28OS. The van der Waals surface area contributed by atoms with Crippen molar-refractivity contribution in [2.75, 3.05) is 0 Å². The first-order chi connectivity index (χ1) is 27.5. The van der Waals surface area contributed by atoms with E-state index in [1.54, 1.807) is 11.3 Å². The van der Waals surface area contributed by atoms with Crippen LogP contribution in [0.5, 0.6) is 0 Å². The Labute approximate surface area is 294 Å². The molecule has 0 aliphatic rings. The van der Waals surface area contributed by atoms with Gasteiger partial charge in [-0.2, -0.15) is 0 Å². The minimum Gasteiger partial charge on any atom is -0.456 e. The lowest BCUT2D eigenvalue weighted by atomic mass is 9.85. The lowest BCUT2D eigenvalue weighted by Gasteiger charge is -2.18. The Kier molecular flexibility index (Phi) is 4.42. The van der Waals surface area contributed by atoms with Crippen molar-refractivity contribution in [3.8, 4) is 43.8 Å². The van der Waals surface area contributed by atoms with Gasteiger partial charge in [0.2, 0.25) is 0 Å². The van der Waals surface area contributed by atoms with Gasteiger partial charge in [0.15, 0.2) is 0 Å². The number of thiophene rings is 1. The van der Waals surface area contributed by atoms with Crippen molar-refractivity contribution < 1.29 is 16.8 Å². The van der Waals surface area contributed by atoms with Crippen LogP contribution >= 0.6 is 11.3 Å². The zero-order valence-corrected chi connectivity index (χ0v) is 26.1. The van der Waals surface area contributed by atoms with E-state index in [1.165, 1.54) is 0 Å². The summed E-state index contributed by atoms with van der Waals surface area (Å²) in [4.78, 5) is 1.01. The molecule has 1 nitrogen and oxygen atoms in total. The second kappa shape index (κ2) is 10.8. The van der Waals surface area contributed by atoms with E-state index in [0.717, 1.165) is 64.3 Å². The van der Waals surface area contributed by atoms with Gasteiger partial charge in [0.25, 0.3) is 0 Å². The first-order valence-corrected chi connectivity index (χ1v) is 16.4. The van der Waals surface area contributed by atoms with Crippen molar-refractivity contribution in [3.63, 3.8) is 0 Å². The van der Waals surface area contributed by atoms with E-state index in [2.05, 4.69) is 36.4 Å². The Balaban J connectivity index is 1.17. The Morgan fingerprint density at radius 3 is 1.62 bits per heavy atom. The summed E-state index contributed by atoms with van der Waals surface area (Å²) >= 11 is 1.66. The maximum absolute atomic E-state index is 8.86. The van der Waals surface area contributed by atoms with E-state index in [0.29, 0.717) is 21.9 Å². The normalized spacial score (nSPS) is 14.4. The lowest BCUT2D eigenvalue weighted by molar-refractivity contribution is 0.669. The van der Waals surface area contributed by atoms with Crippen LogP contribution < -0.4 is 0 Å². The Hall–Kier alpha value is -5.96. The smallest absolute Gasteiger partial charge is 0.135 e. The first-order valence-electron chi connectivity index (χ1n) is 20.1. The van der Waals surface area contributed by atoms with Crippen molar-refractivity contribution in [2.24, 2.45) is 0 Å². The third kappa shape index (κ3) is 4.17.